The second-order valence-electron chi connectivity index (χ2n) is 8.23. The number of fused-ring (bicyclic) bond motifs is 2. The van der Waals surface area contributed by atoms with Crippen molar-refractivity contribution in [1.29, 1.82) is 0 Å². The number of ether oxygens (including phenoxy) is 1. The summed E-state index contributed by atoms with van der Waals surface area (Å²) in [6.07, 6.45) is 6.75. The highest BCUT2D eigenvalue weighted by atomic mass is 16.5. The van der Waals surface area contributed by atoms with Crippen molar-refractivity contribution in [3.8, 4) is 0 Å². The number of hydrogen-bond donors (Lipinski definition) is 0. The van der Waals surface area contributed by atoms with Gasteiger partial charge in [-0.2, -0.15) is 0 Å². The summed E-state index contributed by atoms with van der Waals surface area (Å²) in [5.74, 6) is 5.31. The standard InChI is InChI=1S/C17H24O2/c1-8-12-7-13-15(8)17(13,9(12)2)16(18)19-14-6-10-3-4-11(14)5-10/h8-15H,3-7H2,1-2H3. The highest BCUT2D eigenvalue weighted by molar-refractivity contribution is 5.84. The SMILES string of the molecule is CC1C2CC3C1C3(C(=O)OC1CC3CCC1C3)C2C. The van der Waals surface area contributed by atoms with Gasteiger partial charge in [0.25, 0.3) is 0 Å². The van der Waals surface area contributed by atoms with E-state index >= 15 is 0 Å². The third-order valence-electron chi connectivity index (χ3n) is 7.94. The Bertz CT molecular complexity index is 454. The molecular weight excluding hydrogens is 236 g/mol. The molecule has 0 aromatic carbocycles. The van der Waals surface area contributed by atoms with Crippen molar-refractivity contribution in [3.63, 3.8) is 0 Å². The van der Waals surface area contributed by atoms with Crippen LogP contribution in [0.25, 0.3) is 0 Å². The molecule has 6 aliphatic rings. The van der Waals surface area contributed by atoms with Crippen molar-refractivity contribution in [2.75, 3.05) is 0 Å². The van der Waals surface area contributed by atoms with Crippen molar-refractivity contribution in [1.82, 2.24) is 0 Å². The van der Waals surface area contributed by atoms with E-state index in [0.29, 0.717) is 23.7 Å². The number of rotatable bonds is 2. The van der Waals surface area contributed by atoms with Crippen LogP contribution in [0.2, 0.25) is 0 Å². The molecule has 104 valence electrons. The Morgan fingerprint density at radius 1 is 1.16 bits per heavy atom. The van der Waals surface area contributed by atoms with Crippen molar-refractivity contribution >= 4 is 5.97 Å². The van der Waals surface area contributed by atoms with Gasteiger partial charge in [-0.05, 0) is 73.5 Å². The Labute approximate surface area is 115 Å². The summed E-state index contributed by atoms with van der Waals surface area (Å²) in [5, 5.41) is 0. The zero-order valence-electron chi connectivity index (χ0n) is 12.0. The molecule has 0 N–H and O–H groups in total. The Hall–Kier alpha value is -0.530. The van der Waals surface area contributed by atoms with Crippen LogP contribution < -0.4 is 0 Å². The van der Waals surface area contributed by atoms with E-state index in [9.17, 15) is 4.79 Å². The molecule has 0 saturated heterocycles. The average Bonchev–Trinajstić information content (AvgIpc) is 2.89. The van der Waals surface area contributed by atoms with Crippen molar-refractivity contribution in [3.05, 3.63) is 0 Å². The topological polar surface area (TPSA) is 26.3 Å². The summed E-state index contributed by atoms with van der Waals surface area (Å²) >= 11 is 0. The smallest absolute Gasteiger partial charge is 0.313 e. The van der Waals surface area contributed by atoms with E-state index in [1.54, 1.807) is 0 Å². The van der Waals surface area contributed by atoms with Gasteiger partial charge in [0.1, 0.15) is 6.10 Å². The van der Waals surface area contributed by atoms with E-state index in [1.807, 2.05) is 0 Å². The summed E-state index contributed by atoms with van der Waals surface area (Å²) in [7, 11) is 0. The zero-order chi connectivity index (χ0) is 12.9. The second kappa shape index (κ2) is 3.20. The molecule has 9 unspecified atom stereocenters. The first-order valence-corrected chi connectivity index (χ1v) is 8.35. The molecule has 9 atom stereocenters. The van der Waals surface area contributed by atoms with Gasteiger partial charge < -0.3 is 4.74 Å². The maximum Gasteiger partial charge on any atom is 0.313 e. The van der Waals surface area contributed by atoms with Crippen LogP contribution in [-0.4, -0.2) is 12.1 Å². The molecule has 2 heteroatoms. The summed E-state index contributed by atoms with van der Waals surface area (Å²) in [4.78, 5) is 12.8. The van der Waals surface area contributed by atoms with Gasteiger partial charge in [0, 0.05) is 0 Å². The molecule has 0 spiro atoms. The first kappa shape index (κ1) is 11.2. The van der Waals surface area contributed by atoms with Crippen molar-refractivity contribution < 1.29 is 9.53 Å². The molecule has 2 nitrogen and oxygen atoms in total. The normalized spacial score (nSPS) is 63.7. The largest absolute Gasteiger partial charge is 0.462 e. The second-order valence-corrected chi connectivity index (χ2v) is 8.23. The molecule has 6 bridgehead atoms. The number of carbonyl (C=O) groups is 1. The van der Waals surface area contributed by atoms with E-state index < -0.39 is 0 Å². The van der Waals surface area contributed by atoms with E-state index in [-0.39, 0.29) is 17.5 Å². The van der Waals surface area contributed by atoms with E-state index in [0.717, 1.165) is 24.2 Å². The van der Waals surface area contributed by atoms with Gasteiger partial charge in [-0.25, -0.2) is 0 Å². The predicted molar refractivity (Wildman–Crippen MR) is 71.2 cm³/mol. The van der Waals surface area contributed by atoms with Gasteiger partial charge in [-0.3, -0.25) is 4.79 Å². The lowest BCUT2D eigenvalue weighted by Gasteiger charge is -2.26. The quantitative estimate of drug-likeness (QED) is 0.712. The summed E-state index contributed by atoms with van der Waals surface area (Å²) in [5.41, 5.74) is -0.0219. The third kappa shape index (κ3) is 1.07. The van der Waals surface area contributed by atoms with Crippen LogP contribution in [0.1, 0.15) is 46.0 Å². The molecule has 0 radical (unpaired) electrons. The maximum atomic E-state index is 12.8. The number of carbonyl (C=O) groups excluding carboxylic acids is 1. The van der Waals surface area contributed by atoms with Gasteiger partial charge in [-0.15, -0.1) is 0 Å². The molecule has 0 aromatic rings. The van der Waals surface area contributed by atoms with Gasteiger partial charge in [0.2, 0.25) is 0 Å². The van der Waals surface area contributed by atoms with E-state index in [1.165, 1.54) is 25.7 Å². The third-order valence-corrected chi connectivity index (χ3v) is 7.94. The first-order chi connectivity index (χ1) is 9.14. The maximum absolute atomic E-state index is 12.8. The Balaban J connectivity index is 1.37. The minimum atomic E-state index is -0.0219. The lowest BCUT2D eigenvalue weighted by Crippen LogP contribution is -2.32. The molecular formula is C17H24O2. The van der Waals surface area contributed by atoms with Crippen molar-refractivity contribution in [2.24, 2.45) is 46.8 Å². The fourth-order valence-electron chi connectivity index (χ4n) is 7.13. The lowest BCUT2D eigenvalue weighted by atomic mass is 9.89. The summed E-state index contributed by atoms with van der Waals surface area (Å²) < 4.78 is 6.05. The first-order valence-electron chi connectivity index (χ1n) is 8.35. The minimum Gasteiger partial charge on any atom is -0.462 e. The molecule has 19 heavy (non-hydrogen) atoms. The molecule has 6 fully saturated rings. The Kier molecular flexibility index (Phi) is 1.88. The van der Waals surface area contributed by atoms with Crippen LogP contribution in [-0.2, 0) is 9.53 Å². The average molecular weight is 260 g/mol. The Morgan fingerprint density at radius 2 is 2.00 bits per heavy atom. The molecule has 6 saturated carbocycles. The lowest BCUT2D eigenvalue weighted by molar-refractivity contribution is -0.160. The van der Waals surface area contributed by atoms with Crippen LogP contribution in [0.4, 0.5) is 0 Å². The molecule has 6 aliphatic carbocycles. The van der Waals surface area contributed by atoms with Gasteiger partial charge in [0.05, 0.1) is 5.41 Å². The molecule has 0 heterocycles. The molecule has 0 aliphatic heterocycles. The van der Waals surface area contributed by atoms with Gasteiger partial charge in [-0.1, -0.05) is 13.8 Å². The summed E-state index contributed by atoms with van der Waals surface area (Å²) in [6, 6.07) is 0. The number of esters is 1. The van der Waals surface area contributed by atoms with Crippen LogP contribution in [0, 0.1) is 46.8 Å². The monoisotopic (exact) mass is 260 g/mol. The Morgan fingerprint density at radius 3 is 2.47 bits per heavy atom. The molecule has 0 aromatic heterocycles. The number of hydrogen-bond acceptors (Lipinski definition) is 2. The van der Waals surface area contributed by atoms with Gasteiger partial charge >= 0.3 is 5.97 Å². The van der Waals surface area contributed by atoms with Crippen LogP contribution in [0.5, 0.6) is 0 Å². The molecule has 6 rings (SSSR count). The highest BCUT2D eigenvalue weighted by Gasteiger charge is 2.85. The van der Waals surface area contributed by atoms with Crippen LogP contribution in [0.15, 0.2) is 0 Å². The fourth-order valence-corrected chi connectivity index (χ4v) is 7.13. The minimum absolute atomic E-state index is 0.0219. The van der Waals surface area contributed by atoms with Crippen LogP contribution >= 0.6 is 0 Å². The van der Waals surface area contributed by atoms with E-state index in [4.69, 9.17) is 4.74 Å². The highest BCUT2D eigenvalue weighted by Crippen LogP contribution is 2.83. The predicted octanol–water partition coefficient (Wildman–Crippen LogP) is 3.26. The van der Waals surface area contributed by atoms with Gasteiger partial charge in [0.15, 0.2) is 0 Å². The zero-order valence-corrected chi connectivity index (χ0v) is 12.0. The van der Waals surface area contributed by atoms with Crippen molar-refractivity contribution in [2.45, 2.75) is 52.1 Å². The summed E-state index contributed by atoms with van der Waals surface area (Å²) in [6.45, 7) is 4.68. The van der Waals surface area contributed by atoms with Crippen LogP contribution in [0.3, 0.4) is 0 Å². The van der Waals surface area contributed by atoms with E-state index in [2.05, 4.69) is 13.8 Å². The fraction of sp³-hybridized carbons (Fsp3) is 0.941. The molecule has 0 amide bonds.